The van der Waals surface area contributed by atoms with Crippen LogP contribution in [0.1, 0.15) is 51.0 Å². The molecule has 0 aliphatic rings. The second kappa shape index (κ2) is 8.03. The number of pyridine rings is 1. The number of aryl methyl sites for hydroxylation is 2. The fourth-order valence-electron chi connectivity index (χ4n) is 2.65. The molecule has 7 heteroatoms. The lowest BCUT2D eigenvalue weighted by atomic mass is 9.91. The summed E-state index contributed by atoms with van der Waals surface area (Å²) in [6.07, 6.45) is -3.01. The van der Waals surface area contributed by atoms with Gasteiger partial charge in [0.05, 0.1) is 30.5 Å². The maximum Gasteiger partial charge on any atom is 0.340 e. The van der Waals surface area contributed by atoms with Gasteiger partial charge in [-0.1, -0.05) is 29.8 Å². The molecule has 0 amide bonds. The van der Waals surface area contributed by atoms with Gasteiger partial charge in [-0.05, 0) is 26.3 Å². The summed E-state index contributed by atoms with van der Waals surface area (Å²) in [5.74, 6) is -1.73. The summed E-state index contributed by atoms with van der Waals surface area (Å²) in [5, 5.41) is 0. The van der Waals surface area contributed by atoms with Crippen LogP contribution < -0.4 is 0 Å². The molecule has 0 spiro atoms. The van der Waals surface area contributed by atoms with Gasteiger partial charge in [-0.15, -0.1) is 0 Å². The van der Waals surface area contributed by atoms with Crippen molar-refractivity contribution in [3.63, 3.8) is 0 Å². The van der Waals surface area contributed by atoms with E-state index < -0.39 is 29.6 Å². The normalized spacial score (nSPS) is 10.7. The third-order valence-electron chi connectivity index (χ3n) is 3.82. The molecule has 1 heterocycles. The van der Waals surface area contributed by atoms with Gasteiger partial charge in [0.25, 0.3) is 6.43 Å². The Bertz CT molecular complexity index is 832. The highest BCUT2D eigenvalue weighted by Gasteiger charge is 2.31. The molecule has 0 N–H and O–H groups in total. The lowest BCUT2D eigenvalue weighted by Crippen LogP contribution is -2.18. The maximum absolute atomic E-state index is 13.6. The number of rotatable bonds is 5. The predicted molar refractivity (Wildman–Crippen MR) is 91.4 cm³/mol. The van der Waals surface area contributed by atoms with Gasteiger partial charge in [-0.25, -0.2) is 18.4 Å². The van der Waals surface area contributed by atoms with Crippen LogP contribution in [0.15, 0.2) is 24.3 Å². The van der Waals surface area contributed by atoms with Crippen LogP contribution in [-0.2, 0) is 9.47 Å². The molecule has 0 saturated heterocycles. The number of nitrogens with zero attached hydrogens (tertiary/aromatic N) is 1. The van der Waals surface area contributed by atoms with E-state index in [9.17, 15) is 18.4 Å². The van der Waals surface area contributed by atoms with Gasteiger partial charge in [-0.3, -0.25) is 4.98 Å². The largest absolute Gasteiger partial charge is 0.465 e. The zero-order chi connectivity index (χ0) is 19.4. The summed E-state index contributed by atoms with van der Waals surface area (Å²) in [6.45, 7) is 5.01. The number of halogens is 2. The predicted octanol–water partition coefficient (Wildman–Crippen LogP) is 4.27. The molecule has 2 aromatic rings. The Morgan fingerprint density at radius 1 is 1.08 bits per heavy atom. The molecule has 0 radical (unpaired) electrons. The van der Waals surface area contributed by atoms with E-state index in [1.165, 1.54) is 6.92 Å². The van der Waals surface area contributed by atoms with Crippen molar-refractivity contribution in [2.24, 2.45) is 0 Å². The van der Waals surface area contributed by atoms with Crippen molar-refractivity contribution in [2.75, 3.05) is 13.7 Å². The first kappa shape index (κ1) is 19.5. The summed E-state index contributed by atoms with van der Waals surface area (Å²) in [6, 6.07) is 6.80. The smallest absolute Gasteiger partial charge is 0.340 e. The highest BCUT2D eigenvalue weighted by Crippen LogP contribution is 2.36. The monoisotopic (exact) mass is 363 g/mol. The molecule has 0 aliphatic heterocycles. The third kappa shape index (κ3) is 3.71. The number of hydrogen-bond donors (Lipinski definition) is 0. The van der Waals surface area contributed by atoms with E-state index in [0.29, 0.717) is 5.56 Å². The average molecular weight is 363 g/mol. The van der Waals surface area contributed by atoms with Crippen LogP contribution in [0.3, 0.4) is 0 Å². The highest BCUT2D eigenvalue weighted by atomic mass is 19.3. The van der Waals surface area contributed by atoms with Crippen LogP contribution in [-0.4, -0.2) is 30.6 Å². The molecule has 138 valence electrons. The van der Waals surface area contributed by atoms with Crippen molar-refractivity contribution in [2.45, 2.75) is 27.2 Å². The van der Waals surface area contributed by atoms with Crippen molar-refractivity contribution in [3.8, 4) is 11.1 Å². The molecule has 0 saturated carbocycles. The highest BCUT2D eigenvalue weighted by molar-refractivity contribution is 6.07. The van der Waals surface area contributed by atoms with Gasteiger partial charge in [0.2, 0.25) is 0 Å². The maximum atomic E-state index is 13.6. The number of hydrogen-bond acceptors (Lipinski definition) is 5. The number of ether oxygens (including phenoxy) is 2. The lowest BCUT2D eigenvalue weighted by molar-refractivity contribution is 0.0525. The van der Waals surface area contributed by atoms with E-state index in [4.69, 9.17) is 4.74 Å². The Kier molecular flexibility index (Phi) is 6.02. The minimum atomic E-state index is -3.01. The van der Waals surface area contributed by atoms with Crippen LogP contribution in [0.4, 0.5) is 8.78 Å². The van der Waals surface area contributed by atoms with E-state index >= 15 is 0 Å². The first-order valence-corrected chi connectivity index (χ1v) is 7.96. The lowest BCUT2D eigenvalue weighted by Gasteiger charge is -2.18. The molecule has 1 aromatic carbocycles. The van der Waals surface area contributed by atoms with E-state index in [1.807, 2.05) is 6.92 Å². The third-order valence-corrected chi connectivity index (χ3v) is 3.82. The van der Waals surface area contributed by atoms with Crippen molar-refractivity contribution in [3.05, 3.63) is 52.3 Å². The molecule has 26 heavy (non-hydrogen) atoms. The van der Waals surface area contributed by atoms with Crippen LogP contribution in [0.25, 0.3) is 11.1 Å². The van der Waals surface area contributed by atoms with Gasteiger partial charge in [-0.2, -0.15) is 0 Å². The number of alkyl halides is 2. The standard InChI is InChI=1S/C19H19F2NO4/c1-5-26-19(24)13-11(3)22-16(17(20)21)15(18(23)25-4)14(13)12-8-6-10(2)7-9-12/h6-9,17H,5H2,1-4H3. The molecular formula is C19H19F2NO4. The van der Waals surface area contributed by atoms with Gasteiger partial charge >= 0.3 is 11.9 Å². The van der Waals surface area contributed by atoms with Crippen LogP contribution in [0.5, 0.6) is 0 Å². The van der Waals surface area contributed by atoms with E-state index in [1.54, 1.807) is 31.2 Å². The van der Waals surface area contributed by atoms with Gasteiger partial charge in [0.1, 0.15) is 5.69 Å². The number of aromatic nitrogens is 1. The fourth-order valence-corrected chi connectivity index (χ4v) is 2.65. The van der Waals surface area contributed by atoms with Gasteiger partial charge in [0, 0.05) is 5.56 Å². The zero-order valence-corrected chi connectivity index (χ0v) is 14.9. The Balaban J connectivity index is 2.94. The van der Waals surface area contributed by atoms with Crippen molar-refractivity contribution >= 4 is 11.9 Å². The molecule has 1 aromatic heterocycles. The number of carbonyl (C=O) groups is 2. The average Bonchev–Trinajstić information content (AvgIpc) is 2.60. The van der Waals surface area contributed by atoms with Crippen LogP contribution in [0.2, 0.25) is 0 Å². The van der Waals surface area contributed by atoms with Gasteiger partial charge in [0.15, 0.2) is 0 Å². The molecule has 0 fully saturated rings. The van der Waals surface area contributed by atoms with Crippen LogP contribution >= 0.6 is 0 Å². The SMILES string of the molecule is CCOC(=O)c1c(C)nc(C(F)F)c(C(=O)OC)c1-c1ccc(C)cc1. The van der Waals surface area contributed by atoms with E-state index in [2.05, 4.69) is 9.72 Å². The van der Waals surface area contributed by atoms with Crippen molar-refractivity contribution < 1.29 is 27.8 Å². The summed E-state index contributed by atoms with van der Waals surface area (Å²) in [5.41, 5.74) is 0.274. The van der Waals surface area contributed by atoms with Gasteiger partial charge < -0.3 is 9.47 Å². The Morgan fingerprint density at radius 2 is 1.69 bits per heavy atom. The number of benzene rings is 1. The minimum absolute atomic E-state index is 0.0273. The quantitative estimate of drug-likeness (QED) is 0.743. The number of methoxy groups -OCH3 is 1. The Hall–Kier alpha value is -2.83. The molecule has 5 nitrogen and oxygen atoms in total. The topological polar surface area (TPSA) is 65.5 Å². The summed E-state index contributed by atoms with van der Waals surface area (Å²) in [4.78, 5) is 28.6. The first-order valence-electron chi connectivity index (χ1n) is 7.96. The molecule has 0 bridgehead atoms. The molecule has 2 rings (SSSR count). The molecule has 0 atom stereocenters. The fraction of sp³-hybridized carbons (Fsp3) is 0.316. The number of esters is 2. The molecule has 0 aliphatic carbocycles. The number of carbonyl (C=O) groups excluding carboxylic acids is 2. The van der Waals surface area contributed by atoms with Crippen molar-refractivity contribution in [1.82, 2.24) is 4.98 Å². The van der Waals surface area contributed by atoms with Crippen molar-refractivity contribution in [1.29, 1.82) is 0 Å². The Morgan fingerprint density at radius 3 is 2.19 bits per heavy atom. The summed E-state index contributed by atoms with van der Waals surface area (Å²) in [7, 11) is 1.08. The summed E-state index contributed by atoms with van der Waals surface area (Å²) >= 11 is 0. The van der Waals surface area contributed by atoms with E-state index in [-0.39, 0.29) is 23.4 Å². The summed E-state index contributed by atoms with van der Waals surface area (Å²) < 4.78 is 36.8. The second-order valence-corrected chi connectivity index (χ2v) is 5.59. The molecular weight excluding hydrogens is 344 g/mol. The second-order valence-electron chi connectivity index (χ2n) is 5.59. The van der Waals surface area contributed by atoms with Crippen LogP contribution in [0, 0.1) is 13.8 Å². The zero-order valence-electron chi connectivity index (χ0n) is 14.9. The first-order chi connectivity index (χ1) is 12.3. The van der Waals surface area contributed by atoms with E-state index in [0.717, 1.165) is 12.7 Å². The Labute approximate surface area is 150 Å². The minimum Gasteiger partial charge on any atom is -0.465 e. The molecule has 0 unspecified atom stereocenters.